The van der Waals surface area contributed by atoms with Gasteiger partial charge in [-0.1, -0.05) is 6.07 Å². The van der Waals surface area contributed by atoms with E-state index in [0.717, 1.165) is 5.56 Å². The number of carbonyl (C=O) groups excluding carboxylic acids is 1. The Balaban J connectivity index is 1.92. The number of amides is 1. The van der Waals surface area contributed by atoms with Crippen LogP contribution >= 0.6 is 0 Å². The maximum Gasteiger partial charge on any atom is 0.306 e. The second-order valence-corrected chi connectivity index (χ2v) is 4.49. The van der Waals surface area contributed by atoms with Crippen molar-refractivity contribution >= 4 is 18.0 Å². The fourth-order valence-electron chi connectivity index (χ4n) is 1.99. The number of nitrogens with zero attached hydrogens (tertiary/aromatic N) is 2. The van der Waals surface area contributed by atoms with Gasteiger partial charge in [0.2, 0.25) is 5.91 Å². The number of hydrogen-bond acceptors (Lipinski definition) is 4. The summed E-state index contributed by atoms with van der Waals surface area (Å²) in [5.41, 5.74) is 0.844. The van der Waals surface area contributed by atoms with Crippen LogP contribution in [0.25, 0.3) is 6.08 Å². The summed E-state index contributed by atoms with van der Waals surface area (Å²) in [6, 6.07) is 3.64. The Morgan fingerprint density at radius 3 is 3.10 bits per heavy atom. The third-order valence-electron chi connectivity index (χ3n) is 2.96. The zero-order valence-electron chi connectivity index (χ0n) is 10.9. The van der Waals surface area contributed by atoms with E-state index in [1.807, 2.05) is 6.07 Å². The Morgan fingerprint density at radius 1 is 1.55 bits per heavy atom. The van der Waals surface area contributed by atoms with Gasteiger partial charge in [0.05, 0.1) is 19.1 Å². The minimum Gasteiger partial charge on any atom is -0.481 e. The summed E-state index contributed by atoms with van der Waals surface area (Å²) in [6.45, 7) is 1.15. The second kappa shape index (κ2) is 6.81. The lowest BCUT2D eigenvalue weighted by Gasteiger charge is -2.31. The number of carbonyl (C=O) groups is 2. The van der Waals surface area contributed by atoms with Crippen molar-refractivity contribution in [1.29, 1.82) is 0 Å². The number of aromatic nitrogens is 1. The molecule has 1 saturated heterocycles. The van der Waals surface area contributed by atoms with Crippen molar-refractivity contribution in [1.82, 2.24) is 9.88 Å². The maximum absolute atomic E-state index is 12.0. The van der Waals surface area contributed by atoms with Gasteiger partial charge in [-0.15, -0.1) is 0 Å². The predicted octanol–water partition coefficient (Wildman–Crippen LogP) is 0.797. The Morgan fingerprint density at radius 2 is 2.40 bits per heavy atom. The molecule has 1 N–H and O–H groups in total. The number of aliphatic carboxylic acids is 1. The highest BCUT2D eigenvalue weighted by Crippen LogP contribution is 2.10. The average Bonchev–Trinajstić information content (AvgIpc) is 2.45. The molecule has 0 radical (unpaired) electrons. The molecule has 1 atom stereocenters. The van der Waals surface area contributed by atoms with Crippen molar-refractivity contribution in [2.45, 2.75) is 12.5 Å². The van der Waals surface area contributed by atoms with Crippen LogP contribution in [0.1, 0.15) is 12.0 Å². The number of morpholine rings is 1. The molecule has 1 aliphatic heterocycles. The Bertz CT molecular complexity index is 501. The summed E-state index contributed by atoms with van der Waals surface area (Å²) in [5.74, 6) is -1.07. The first-order chi connectivity index (χ1) is 9.65. The van der Waals surface area contributed by atoms with E-state index >= 15 is 0 Å². The van der Waals surface area contributed by atoms with Gasteiger partial charge in [0.25, 0.3) is 0 Å². The van der Waals surface area contributed by atoms with Crippen LogP contribution in [0.4, 0.5) is 0 Å². The first kappa shape index (κ1) is 14.2. The third kappa shape index (κ3) is 4.17. The smallest absolute Gasteiger partial charge is 0.306 e. The number of ether oxygens (including phenoxy) is 1. The zero-order valence-corrected chi connectivity index (χ0v) is 10.9. The molecule has 6 heteroatoms. The lowest BCUT2D eigenvalue weighted by Crippen LogP contribution is -2.45. The molecule has 0 unspecified atom stereocenters. The molecule has 1 fully saturated rings. The van der Waals surface area contributed by atoms with E-state index < -0.39 is 12.1 Å². The molecule has 0 bridgehead atoms. The van der Waals surface area contributed by atoms with Crippen molar-refractivity contribution in [3.8, 4) is 0 Å². The van der Waals surface area contributed by atoms with Gasteiger partial charge in [-0.2, -0.15) is 0 Å². The average molecular weight is 276 g/mol. The van der Waals surface area contributed by atoms with Gasteiger partial charge >= 0.3 is 5.97 Å². The molecule has 20 heavy (non-hydrogen) atoms. The number of pyridine rings is 1. The highest BCUT2D eigenvalue weighted by molar-refractivity contribution is 5.91. The number of hydrogen-bond donors (Lipinski definition) is 1. The second-order valence-electron chi connectivity index (χ2n) is 4.49. The summed E-state index contributed by atoms with van der Waals surface area (Å²) < 4.78 is 5.32. The zero-order chi connectivity index (χ0) is 14.4. The van der Waals surface area contributed by atoms with Gasteiger partial charge in [-0.3, -0.25) is 14.6 Å². The van der Waals surface area contributed by atoms with Gasteiger partial charge in [0.15, 0.2) is 0 Å². The van der Waals surface area contributed by atoms with Crippen LogP contribution in [-0.2, 0) is 14.3 Å². The van der Waals surface area contributed by atoms with E-state index in [4.69, 9.17) is 9.84 Å². The maximum atomic E-state index is 12.0. The molecule has 1 aromatic heterocycles. The van der Waals surface area contributed by atoms with Crippen molar-refractivity contribution in [3.05, 3.63) is 36.2 Å². The van der Waals surface area contributed by atoms with Gasteiger partial charge < -0.3 is 14.7 Å². The molecule has 6 nitrogen and oxygen atoms in total. The number of rotatable bonds is 4. The summed E-state index contributed by atoms with van der Waals surface area (Å²) in [7, 11) is 0. The number of carboxylic acid groups (broad SMARTS) is 1. The summed E-state index contributed by atoms with van der Waals surface area (Å²) in [5, 5.41) is 8.74. The summed E-state index contributed by atoms with van der Waals surface area (Å²) in [4.78, 5) is 28.2. The third-order valence-corrected chi connectivity index (χ3v) is 2.96. The topological polar surface area (TPSA) is 79.7 Å². The fraction of sp³-hybridized carbons (Fsp3) is 0.357. The minimum absolute atomic E-state index is 0.0872. The van der Waals surface area contributed by atoms with E-state index in [0.29, 0.717) is 19.7 Å². The van der Waals surface area contributed by atoms with E-state index in [-0.39, 0.29) is 12.3 Å². The quantitative estimate of drug-likeness (QED) is 0.823. The Kier molecular flexibility index (Phi) is 4.84. The van der Waals surface area contributed by atoms with E-state index in [9.17, 15) is 9.59 Å². The molecule has 106 valence electrons. The molecule has 0 saturated carbocycles. The molecule has 1 aliphatic rings. The highest BCUT2D eigenvalue weighted by Gasteiger charge is 2.24. The molecule has 1 amide bonds. The van der Waals surface area contributed by atoms with Gasteiger partial charge in [0, 0.05) is 31.6 Å². The van der Waals surface area contributed by atoms with Crippen LogP contribution in [0, 0.1) is 0 Å². The van der Waals surface area contributed by atoms with E-state index in [1.54, 1.807) is 29.4 Å². The summed E-state index contributed by atoms with van der Waals surface area (Å²) in [6.07, 6.45) is 5.97. The molecule has 2 rings (SSSR count). The highest BCUT2D eigenvalue weighted by atomic mass is 16.5. The molecule has 0 aliphatic carbocycles. The van der Waals surface area contributed by atoms with E-state index in [2.05, 4.69) is 4.98 Å². The molecule has 0 aromatic carbocycles. The number of carboxylic acids is 1. The SMILES string of the molecule is O=C(O)C[C@H]1CN(C(=O)/C=C/c2cccnc2)CCO1. The van der Waals surface area contributed by atoms with Gasteiger partial charge in [-0.05, 0) is 17.7 Å². The largest absolute Gasteiger partial charge is 0.481 e. The molecule has 2 heterocycles. The normalized spacial score (nSPS) is 19.2. The van der Waals surface area contributed by atoms with Gasteiger partial charge in [0.1, 0.15) is 0 Å². The van der Waals surface area contributed by atoms with Crippen molar-refractivity contribution < 1.29 is 19.4 Å². The van der Waals surface area contributed by atoms with E-state index in [1.165, 1.54) is 6.08 Å². The Hall–Kier alpha value is -2.21. The first-order valence-electron chi connectivity index (χ1n) is 6.35. The van der Waals surface area contributed by atoms with Gasteiger partial charge in [-0.25, -0.2) is 0 Å². The van der Waals surface area contributed by atoms with Crippen molar-refractivity contribution in [2.24, 2.45) is 0 Å². The lowest BCUT2D eigenvalue weighted by molar-refractivity contribution is -0.145. The fourth-order valence-corrected chi connectivity index (χ4v) is 1.99. The monoisotopic (exact) mass is 276 g/mol. The van der Waals surface area contributed by atoms with Crippen molar-refractivity contribution in [3.63, 3.8) is 0 Å². The van der Waals surface area contributed by atoms with Crippen molar-refractivity contribution in [2.75, 3.05) is 19.7 Å². The Labute approximate surface area is 116 Å². The first-order valence-corrected chi connectivity index (χ1v) is 6.35. The lowest BCUT2D eigenvalue weighted by atomic mass is 10.2. The van der Waals surface area contributed by atoms with Crippen LogP contribution in [-0.4, -0.2) is 52.7 Å². The van der Waals surface area contributed by atoms with Crippen LogP contribution in [0.2, 0.25) is 0 Å². The standard InChI is InChI=1S/C14H16N2O4/c17-13(4-3-11-2-1-5-15-9-11)16-6-7-20-12(10-16)8-14(18)19/h1-5,9,12H,6-8,10H2,(H,18,19)/b4-3+/t12-/m0/s1. The molecular formula is C14H16N2O4. The minimum atomic E-state index is -0.921. The summed E-state index contributed by atoms with van der Waals surface area (Å²) >= 11 is 0. The molecule has 1 aromatic rings. The van der Waals surface area contributed by atoms with Crippen LogP contribution in [0.5, 0.6) is 0 Å². The molecular weight excluding hydrogens is 260 g/mol. The predicted molar refractivity (Wildman–Crippen MR) is 71.8 cm³/mol. The molecule has 0 spiro atoms. The van der Waals surface area contributed by atoms with Crippen LogP contribution in [0.3, 0.4) is 0 Å². The van der Waals surface area contributed by atoms with Crippen LogP contribution < -0.4 is 0 Å². The van der Waals surface area contributed by atoms with Crippen LogP contribution in [0.15, 0.2) is 30.6 Å².